The van der Waals surface area contributed by atoms with Gasteiger partial charge in [0.05, 0.1) is 5.60 Å². The Morgan fingerprint density at radius 3 is 2.00 bits per heavy atom. The second-order valence-electron chi connectivity index (χ2n) is 7.67. The normalized spacial score (nSPS) is 19.5. The van der Waals surface area contributed by atoms with Crippen LogP contribution < -0.4 is 0 Å². The van der Waals surface area contributed by atoms with Gasteiger partial charge in [0.2, 0.25) is 0 Å². The van der Waals surface area contributed by atoms with E-state index in [0.717, 1.165) is 25.2 Å². The topological polar surface area (TPSA) is 23.5 Å². The van der Waals surface area contributed by atoms with Crippen LogP contribution in [0.15, 0.2) is 60.7 Å². The molecule has 0 aliphatic carbocycles. The number of aliphatic hydroxyl groups is 1. The Hall–Kier alpha value is -1.64. The Morgan fingerprint density at radius 2 is 1.44 bits per heavy atom. The molecule has 2 heteroatoms. The summed E-state index contributed by atoms with van der Waals surface area (Å²) in [4.78, 5) is 2.54. The van der Waals surface area contributed by atoms with Crippen LogP contribution in [0.25, 0.3) is 0 Å². The highest BCUT2D eigenvalue weighted by atomic mass is 16.3. The highest BCUT2D eigenvalue weighted by molar-refractivity contribution is 5.32. The van der Waals surface area contributed by atoms with E-state index < -0.39 is 5.60 Å². The van der Waals surface area contributed by atoms with E-state index in [2.05, 4.69) is 61.2 Å². The van der Waals surface area contributed by atoms with Crippen molar-refractivity contribution in [2.24, 2.45) is 5.92 Å². The molecule has 25 heavy (non-hydrogen) atoms. The van der Waals surface area contributed by atoms with Gasteiger partial charge >= 0.3 is 0 Å². The molecular weight excluding hydrogens is 306 g/mol. The fourth-order valence-corrected chi connectivity index (χ4v) is 4.23. The molecule has 1 aliphatic rings. The lowest BCUT2D eigenvalue weighted by Crippen LogP contribution is -2.45. The SMILES string of the molecule is CC(C)[C@](O)(c1ccccc1)[C@H](CN1CCCCC1)c1ccccc1. The van der Waals surface area contributed by atoms with Gasteiger partial charge < -0.3 is 10.0 Å². The summed E-state index contributed by atoms with van der Waals surface area (Å²) < 4.78 is 0. The molecule has 1 N–H and O–H groups in total. The minimum atomic E-state index is -0.875. The van der Waals surface area contributed by atoms with Crippen molar-refractivity contribution in [3.05, 3.63) is 71.8 Å². The van der Waals surface area contributed by atoms with Crippen LogP contribution in [-0.2, 0) is 5.60 Å². The van der Waals surface area contributed by atoms with Crippen LogP contribution in [-0.4, -0.2) is 29.6 Å². The molecule has 0 bridgehead atoms. The third kappa shape index (κ3) is 3.96. The molecule has 134 valence electrons. The van der Waals surface area contributed by atoms with Crippen molar-refractivity contribution >= 4 is 0 Å². The van der Waals surface area contributed by atoms with Crippen molar-refractivity contribution < 1.29 is 5.11 Å². The standard InChI is InChI=1S/C23H31NO/c1-19(2)23(25,21-14-8-4-9-15-21)22(20-12-6-3-7-13-20)18-24-16-10-5-11-17-24/h3-4,6-9,12-15,19,22,25H,5,10-11,16-18H2,1-2H3/t22-,23+/m1/s1. The number of piperidine rings is 1. The largest absolute Gasteiger partial charge is 0.384 e. The summed E-state index contributed by atoms with van der Waals surface area (Å²) in [7, 11) is 0. The molecule has 0 aromatic heterocycles. The van der Waals surface area contributed by atoms with Crippen LogP contribution in [0.2, 0.25) is 0 Å². The molecule has 2 aromatic carbocycles. The Bertz CT molecular complexity index is 634. The van der Waals surface area contributed by atoms with E-state index in [1.54, 1.807) is 0 Å². The van der Waals surface area contributed by atoms with Crippen molar-refractivity contribution in [2.45, 2.75) is 44.6 Å². The van der Waals surface area contributed by atoms with Gasteiger partial charge in [-0.1, -0.05) is 80.9 Å². The smallest absolute Gasteiger partial charge is 0.0999 e. The van der Waals surface area contributed by atoms with Gasteiger partial charge in [0, 0.05) is 12.5 Å². The number of nitrogens with zero attached hydrogens (tertiary/aromatic N) is 1. The van der Waals surface area contributed by atoms with Crippen molar-refractivity contribution in [2.75, 3.05) is 19.6 Å². The Labute approximate surface area is 152 Å². The minimum Gasteiger partial charge on any atom is -0.384 e. The van der Waals surface area contributed by atoms with Crippen LogP contribution in [0.1, 0.15) is 50.2 Å². The third-order valence-corrected chi connectivity index (χ3v) is 5.74. The molecule has 0 saturated carbocycles. The highest BCUT2D eigenvalue weighted by Gasteiger charge is 2.42. The van der Waals surface area contributed by atoms with Crippen molar-refractivity contribution in [3.8, 4) is 0 Å². The monoisotopic (exact) mass is 337 g/mol. The molecule has 2 atom stereocenters. The van der Waals surface area contributed by atoms with Crippen LogP contribution in [0.4, 0.5) is 0 Å². The number of hydrogen-bond acceptors (Lipinski definition) is 2. The molecule has 1 aliphatic heterocycles. The van der Waals surface area contributed by atoms with E-state index in [-0.39, 0.29) is 11.8 Å². The summed E-state index contributed by atoms with van der Waals surface area (Å²) in [5.41, 5.74) is 1.38. The first-order chi connectivity index (χ1) is 12.1. The van der Waals surface area contributed by atoms with Gasteiger partial charge in [-0.05, 0) is 43.0 Å². The van der Waals surface area contributed by atoms with Gasteiger partial charge in [-0.25, -0.2) is 0 Å². The summed E-state index contributed by atoms with van der Waals surface area (Å²) in [5.74, 6) is 0.194. The van der Waals surface area contributed by atoms with Crippen molar-refractivity contribution in [1.29, 1.82) is 0 Å². The lowest BCUT2D eigenvalue weighted by Gasteiger charge is -2.43. The molecule has 2 nitrogen and oxygen atoms in total. The predicted octanol–water partition coefficient (Wildman–Crippen LogP) is 4.80. The summed E-state index contributed by atoms with van der Waals surface area (Å²) >= 11 is 0. The van der Waals surface area contributed by atoms with Gasteiger partial charge in [0.25, 0.3) is 0 Å². The third-order valence-electron chi connectivity index (χ3n) is 5.74. The van der Waals surface area contributed by atoms with Gasteiger partial charge in [-0.15, -0.1) is 0 Å². The molecule has 2 aromatic rings. The summed E-state index contributed by atoms with van der Waals surface area (Å²) in [6.07, 6.45) is 3.87. The zero-order valence-electron chi connectivity index (χ0n) is 15.6. The Kier molecular flexibility index (Phi) is 5.93. The minimum absolute atomic E-state index is 0.0641. The fourth-order valence-electron chi connectivity index (χ4n) is 4.23. The molecule has 0 spiro atoms. The maximum atomic E-state index is 12.0. The molecule has 0 amide bonds. The number of benzene rings is 2. The molecular formula is C23H31NO. The maximum Gasteiger partial charge on any atom is 0.0999 e. The first-order valence-electron chi connectivity index (χ1n) is 9.67. The average Bonchev–Trinajstić information content (AvgIpc) is 2.67. The van der Waals surface area contributed by atoms with E-state index in [4.69, 9.17) is 0 Å². The Balaban J connectivity index is 2.01. The van der Waals surface area contributed by atoms with Crippen LogP contribution in [0, 0.1) is 5.92 Å². The molecule has 0 unspecified atom stereocenters. The lowest BCUT2D eigenvalue weighted by molar-refractivity contribution is -0.0472. The second-order valence-corrected chi connectivity index (χ2v) is 7.67. The molecule has 0 radical (unpaired) electrons. The lowest BCUT2D eigenvalue weighted by atomic mass is 9.70. The molecule has 1 fully saturated rings. The second kappa shape index (κ2) is 8.16. The summed E-state index contributed by atoms with van der Waals surface area (Å²) in [5, 5.41) is 12.0. The molecule has 3 rings (SSSR count). The van der Waals surface area contributed by atoms with Crippen molar-refractivity contribution in [1.82, 2.24) is 4.90 Å². The number of hydrogen-bond donors (Lipinski definition) is 1. The van der Waals surface area contributed by atoms with Crippen LogP contribution in [0.5, 0.6) is 0 Å². The van der Waals surface area contributed by atoms with E-state index in [1.807, 2.05) is 18.2 Å². The fraction of sp³-hybridized carbons (Fsp3) is 0.478. The first-order valence-corrected chi connectivity index (χ1v) is 9.67. The van der Waals surface area contributed by atoms with E-state index >= 15 is 0 Å². The van der Waals surface area contributed by atoms with E-state index in [1.165, 1.54) is 24.8 Å². The van der Waals surface area contributed by atoms with Gasteiger partial charge in [-0.3, -0.25) is 0 Å². The van der Waals surface area contributed by atoms with Crippen LogP contribution >= 0.6 is 0 Å². The van der Waals surface area contributed by atoms with Gasteiger partial charge in [0.1, 0.15) is 0 Å². The van der Waals surface area contributed by atoms with Crippen molar-refractivity contribution in [3.63, 3.8) is 0 Å². The maximum absolute atomic E-state index is 12.0. The zero-order chi connectivity index (χ0) is 17.7. The summed E-state index contributed by atoms with van der Waals surface area (Å²) in [6.45, 7) is 7.48. The molecule has 1 saturated heterocycles. The Morgan fingerprint density at radius 1 is 0.880 bits per heavy atom. The first kappa shape index (κ1) is 18.2. The van der Waals surface area contributed by atoms with E-state index in [0.29, 0.717) is 0 Å². The average molecular weight is 338 g/mol. The predicted molar refractivity (Wildman–Crippen MR) is 105 cm³/mol. The quantitative estimate of drug-likeness (QED) is 0.818. The van der Waals surface area contributed by atoms with Gasteiger partial charge in [-0.2, -0.15) is 0 Å². The van der Waals surface area contributed by atoms with Crippen LogP contribution in [0.3, 0.4) is 0 Å². The zero-order valence-corrected chi connectivity index (χ0v) is 15.6. The number of likely N-dealkylation sites (tertiary alicyclic amines) is 1. The van der Waals surface area contributed by atoms with Gasteiger partial charge in [0.15, 0.2) is 0 Å². The van der Waals surface area contributed by atoms with E-state index in [9.17, 15) is 5.11 Å². The summed E-state index contributed by atoms with van der Waals surface area (Å²) in [6, 6.07) is 20.8. The number of rotatable bonds is 6. The molecule has 1 heterocycles. The highest BCUT2D eigenvalue weighted by Crippen LogP contribution is 2.43.